The zero-order valence-corrected chi connectivity index (χ0v) is 17.6. The predicted molar refractivity (Wildman–Crippen MR) is 122 cm³/mol. The van der Waals surface area contributed by atoms with Crippen LogP contribution in [0.4, 0.5) is 27.5 Å². The van der Waals surface area contributed by atoms with Gasteiger partial charge in [-0.2, -0.15) is 9.97 Å². The monoisotopic (exact) mass is 431 g/mol. The molecule has 4 aromatic rings. The third-order valence-corrected chi connectivity index (χ3v) is 5.43. The Hall–Kier alpha value is -4.01. The number of hydrogen-bond acceptors (Lipinski definition) is 8. The van der Waals surface area contributed by atoms with Gasteiger partial charge in [0.25, 0.3) is 0 Å². The number of rotatable bonds is 5. The van der Waals surface area contributed by atoms with Gasteiger partial charge in [0.05, 0.1) is 7.11 Å². The van der Waals surface area contributed by atoms with Gasteiger partial charge >= 0.3 is 0 Å². The van der Waals surface area contributed by atoms with Crippen molar-refractivity contribution < 1.29 is 9.13 Å². The van der Waals surface area contributed by atoms with Gasteiger partial charge in [-0.05, 0) is 48.5 Å². The van der Waals surface area contributed by atoms with E-state index in [0.29, 0.717) is 22.9 Å². The Labute approximate surface area is 184 Å². The molecule has 0 saturated carbocycles. The highest BCUT2D eigenvalue weighted by atomic mass is 19.1. The maximum absolute atomic E-state index is 13.2. The summed E-state index contributed by atoms with van der Waals surface area (Å²) < 4.78 is 18.5. The number of nitrogens with one attached hydrogen (secondary N) is 1. The number of methoxy groups -OCH3 is 1. The average molecular weight is 431 g/mol. The molecule has 162 valence electrons. The van der Waals surface area contributed by atoms with Crippen molar-refractivity contribution in [3.63, 3.8) is 0 Å². The fraction of sp³-hybridized carbons (Fsp3) is 0.217. The maximum atomic E-state index is 13.2. The van der Waals surface area contributed by atoms with Crippen LogP contribution in [0.3, 0.4) is 0 Å². The number of hydrogen-bond donors (Lipinski definition) is 1. The summed E-state index contributed by atoms with van der Waals surface area (Å²) in [6, 6.07) is 14.2. The van der Waals surface area contributed by atoms with Crippen LogP contribution in [0, 0.1) is 5.82 Å². The van der Waals surface area contributed by atoms with Crippen molar-refractivity contribution in [1.29, 1.82) is 0 Å². The quantitative estimate of drug-likeness (QED) is 0.513. The molecule has 1 aliphatic heterocycles. The molecule has 0 radical (unpaired) electrons. The summed E-state index contributed by atoms with van der Waals surface area (Å²) in [5, 5.41) is 3.34. The van der Waals surface area contributed by atoms with Crippen molar-refractivity contribution in [2.24, 2.45) is 0 Å². The van der Waals surface area contributed by atoms with Crippen LogP contribution in [0.15, 0.2) is 60.9 Å². The first kappa shape index (κ1) is 19.9. The molecular weight excluding hydrogens is 409 g/mol. The number of piperazine rings is 1. The van der Waals surface area contributed by atoms with E-state index in [1.54, 1.807) is 19.5 Å². The summed E-state index contributed by atoms with van der Waals surface area (Å²) in [7, 11) is 1.64. The molecule has 1 aliphatic rings. The van der Waals surface area contributed by atoms with Crippen molar-refractivity contribution in [1.82, 2.24) is 19.9 Å². The molecule has 0 bridgehead atoms. The van der Waals surface area contributed by atoms with Crippen LogP contribution in [0.5, 0.6) is 5.75 Å². The minimum absolute atomic E-state index is 0.227. The lowest BCUT2D eigenvalue weighted by molar-refractivity contribution is 0.415. The first-order valence-electron chi connectivity index (χ1n) is 10.3. The molecule has 5 rings (SSSR count). The van der Waals surface area contributed by atoms with Crippen LogP contribution in [-0.4, -0.2) is 53.2 Å². The molecule has 2 aromatic heterocycles. The molecule has 0 amide bonds. The maximum Gasteiger partial charge on any atom is 0.229 e. The minimum Gasteiger partial charge on any atom is -0.497 e. The zero-order chi connectivity index (χ0) is 21.9. The van der Waals surface area contributed by atoms with Gasteiger partial charge in [-0.3, -0.25) is 0 Å². The van der Waals surface area contributed by atoms with Gasteiger partial charge in [-0.25, -0.2) is 14.4 Å². The van der Waals surface area contributed by atoms with Gasteiger partial charge in [0, 0.05) is 49.9 Å². The highest BCUT2D eigenvalue weighted by molar-refractivity contribution is 5.85. The number of nitrogens with zero attached hydrogens (tertiary/aromatic N) is 6. The fourth-order valence-corrected chi connectivity index (χ4v) is 3.71. The lowest BCUT2D eigenvalue weighted by atomic mass is 10.2. The standard InChI is InChI=1S/C23H22FN7O/c1-32-19-8-4-17(5-9-19)27-22-20-21(26-11-10-25-20)28-23(29-22)31-14-12-30(13-15-31)18-6-2-16(24)3-7-18/h2-11H,12-15H2,1H3,(H,26,27,28,29). The third kappa shape index (κ3) is 4.09. The topological polar surface area (TPSA) is 79.3 Å². The fourth-order valence-electron chi connectivity index (χ4n) is 3.71. The zero-order valence-electron chi connectivity index (χ0n) is 17.6. The van der Waals surface area contributed by atoms with E-state index in [1.165, 1.54) is 12.1 Å². The number of ether oxygens (including phenoxy) is 1. The first-order chi connectivity index (χ1) is 15.7. The number of halogens is 1. The molecular formula is C23H22FN7O. The number of fused-ring (bicyclic) bond motifs is 1. The molecule has 3 heterocycles. The van der Waals surface area contributed by atoms with Crippen LogP contribution in [-0.2, 0) is 0 Å². The second kappa shape index (κ2) is 8.62. The Bertz CT molecular complexity index is 1210. The van der Waals surface area contributed by atoms with Crippen LogP contribution in [0.25, 0.3) is 11.2 Å². The average Bonchev–Trinajstić information content (AvgIpc) is 2.85. The number of anilines is 4. The second-order valence-electron chi connectivity index (χ2n) is 7.40. The van der Waals surface area contributed by atoms with E-state index >= 15 is 0 Å². The van der Waals surface area contributed by atoms with Crippen molar-refractivity contribution >= 4 is 34.3 Å². The van der Waals surface area contributed by atoms with E-state index in [4.69, 9.17) is 9.72 Å². The Morgan fingerprint density at radius 3 is 2.25 bits per heavy atom. The van der Waals surface area contributed by atoms with E-state index in [9.17, 15) is 4.39 Å². The Morgan fingerprint density at radius 1 is 0.844 bits per heavy atom. The normalized spacial score (nSPS) is 13.9. The molecule has 1 fully saturated rings. The molecule has 9 heteroatoms. The van der Waals surface area contributed by atoms with Gasteiger partial charge < -0.3 is 19.9 Å². The van der Waals surface area contributed by atoms with Crippen LogP contribution < -0.4 is 19.9 Å². The molecule has 0 unspecified atom stereocenters. The molecule has 0 aliphatic carbocycles. The lowest BCUT2D eigenvalue weighted by Gasteiger charge is -2.36. The molecule has 32 heavy (non-hydrogen) atoms. The van der Waals surface area contributed by atoms with Gasteiger partial charge in [0.15, 0.2) is 17.0 Å². The Morgan fingerprint density at radius 2 is 1.53 bits per heavy atom. The van der Waals surface area contributed by atoms with Gasteiger partial charge in [0.1, 0.15) is 11.6 Å². The SMILES string of the molecule is COc1ccc(Nc2nc(N3CCN(c4ccc(F)cc4)CC3)nc3nccnc23)cc1. The number of benzene rings is 2. The van der Waals surface area contributed by atoms with E-state index in [-0.39, 0.29) is 5.82 Å². The van der Waals surface area contributed by atoms with E-state index in [0.717, 1.165) is 43.3 Å². The Kier molecular flexibility index (Phi) is 5.37. The highest BCUT2D eigenvalue weighted by Crippen LogP contribution is 2.26. The van der Waals surface area contributed by atoms with Crippen molar-refractivity contribution in [2.75, 3.05) is 48.4 Å². The smallest absolute Gasteiger partial charge is 0.229 e. The van der Waals surface area contributed by atoms with Gasteiger partial charge in [-0.15, -0.1) is 0 Å². The lowest BCUT2D eigenvalue weighted by Crippen LogP contribution is -2.47. The molecule has 1 saturated heterocycles. The van der Waals surface area contributed by atoms with E-state index in [1.807, 2.05) is 36.4 Å². The first-order valence-corrected chi connectivity index (χ1v) is 10.3. The minimum atomic E-state index is -0.227. The van der Waals surface area contributed by atoms with Crippen LogP contribution >= 0.6 is 0 Å². The molecule has 0 spiro atoms. The number of aromatic nitrogens is 4. The third-order valence-electron chi connectivity index (χ3n) is 5.43. The highest BCUT2D eigenvalue weighted by Gasteiger charge is 2.21. The van der Waals surface area contributed by atoms with E-state index < -0.39 is 0 Å². The van der Waals surface area contributed by atoms with E-state index in [2.05, 4.69) is 30.1 Å². The molecule has 1 N–H and O–H groups in total. The van der Waals surface area contributed by atoms with Crippen LogP contribution in [0.1, 0.15) is 0 Å². The van der Waals surface area contributed by atoms with Crippen molar-refractivity contribution in [3.8, 4) is 5.75 Å². The summed E-state index contributed by atoms with van der Waals surface area (Å²) in [6.07, 6.45) is 3.26. The van der Waals surface area contributed by atoms with Crippen LogP contribution in [0.2, 0.25) is 0 Å². The molecule has 8 nitrogen and oxygen atoms in total. The van der Waals surface area contributed by atoms with Gasteiger partial charge in [-0.1, -0.05) is 0 Å². The summed E-state index contributed by atoms with van der Waals surface area (Å²) >= 11 is 0. The van der Waals surface area contributed by atoms with Crippen molar-refractivity contribution in [3.05, 3.63) is 66.7 Å². The van der Waals surface area contributed by atoms with Gasteiger partial charge in [0.2, 0.25) is 5.95 Å². The Balaban J connectivity index is 1.39. The largest absolute Gasteiger partial charge is 0.497 e. The molecule has 0 atom stereocenters. The predicted octanol–water partition coefficient (Wildman–Crippen LogP) is 3.64. The summed E-state index contributed by atoms with van der Waals surface area (Å²) in [5.41, 5.74) is 3.02. The summed E-state index contributed by atoms with van der Waals surface area (Å²) in [6.45, 7) is 3.06. The molecule has 2 aromatic carbocycles. The summed E-state index contributed by atoms with van der Waals surface area (Å²) in [4.78, 5) is 22.6. The summed E-state index contributed by atoms with van der Waals surface area (Å²) in [5.74, 6) is 1.76. The second-order valence-corrected chi connectivity index (χ2v) is 7.40. The van der Waals surface area contributed by atoms with Crippen molar-refractivity contribution in [2.45, 2.75) is 0 Å².